The van der Waals surface area contributed by atoms with Crippen molar-refractivity contribution in [3.63, 3.8) is 0 Å². The number of rotatable bonds is 0. The Balaban J connectivity index is 0. The molecule has 0 saturated heterocycles. The predicted octanol–water partition coefficient (Wildman–Crippen LogP) is -0.0125. The van der Waals surface area contributed by atoms with Crippen LogP contribution in [0.4, 0.5) is 0 Å². The van der Waals surface area contributed by atoms with E-state index in [9.17, 15) is 0 Å². The molecule has 0 aromatic carbocycles. The van der Waals surface area contributed by atoms with E-state index >= 15 is 0 Å². The fourth-order valence-electron chi connectivity index (χ4n) is 0. The van der Waals surface area contributed by atoms with Gasteiger partial charge in [0.05, 0.1) is 0 Å². The summed E-state index contributed by atoms with van der Waals surface area (Å²) in [5, 5.41) is 0. The van der Waals surface area contributed by atoms with Crippen molar-refractivity contribution in [1.29, 1.82) is 0 Å². The summed E-state index contributed by atoms with van der Waals surface area (Å²) in [5.74, 6) is 0. The molecule has 0 aliphatic rings. The third-order valence-electron chi connectivity index (χ3n) is 0. The van der Waals surface area contributed by atoms with Crippen molar-refractivity contribution >= 4 is 0 Å². The molecule has 0 aromatic heterocycles. The Morgan fingerprint density at radius 3 is 1.00 bits per heavy atom. The summed E-state index contributed by atoms with van der Waals surface area (Å²) >= 11 is 0. The quantitative estimate of drug-likeness (QED) is 0.427. The normalized spacial score (nSPS) is 0. The van der Waals surface area contributed by atoms with Gasteiger partial charge in [0.25, 0.3) is 0 Å². The SMILES string of the molecule is [Ag].[Au].[Cu].[Ti].[Zn]. The van der Waals surface area contributed by atoms with Gasteiger partial charge < -0.3 is 0 Å². The van der Waals surface area contributed by atoms with E-state index in [0.29, 0.717) is 0 Å². The fourth-order valence-corrected chi connectivity index (χ4v) is 0. The molecule has 0 unspecified atom stereocenters. The van der Waals surface area contributed by atoms with Gasteiger partial charge in [-0.15, -0.1) is 0 Å². The topological polar surface area (TPSA) is 0 Å². The maximum absolute atomic E-state index is 0. The molecule has 39 valence electrons. The van der Waals surface area contributed by atoms with Crippen molar-refractivity contribution in [3.05, 3.63) is 0 Å². The van der Waals surface area contributed by atoms with E-state index in [0.717, 1.165) is 0 Å². The van der Waals surface area contributed by atoms with Crippen LogP contribution in [0.25, 0.3) is 0 Å². The summed E-state index contributed by atoms with van der Waals surface area (Å²) in [6.45, 7) is 0. The van der Waals surface area contributed by atoms with E-state index in [1.54, 1.807) is 0 Å². The van der Waals surface area contributed by atoms with E-state index < -0.39 is 0 Å². The van der Waals surface area contributed by atoms with Crippen molar-refractivity contribution in [3.8, 4) is 0 Å². The standard InChI is InChI=1S/Ag.Au.Cu.Ti.Zn. The third-order valence-corrected chi connectivity index (χ3v) is 0. The van der Waals surface area contributed by atoms with Gasteiger partial charge in [0, 0.05) is 103 Å². The molecule has 0 heterocycles. The Hall–Kier alpha value is 3.34. The summed E-state index contributed by atoms with van der Waals surface area (Å²) in [6.07, 6.45) is 0. The van der Waals surface area contributed by atoms with Crippen LogP contribution in [-0.2, 0) is 103 Å². The molecule has 0 bridgehead atoms. The smallest absolute Gasteiger partial charge is 0 e. The Morgan fingerprint density at radius 2 is 1.00 bits per heavy atom. The first-order valence-corrected chi connectivity index (χ1v) is 0. The van der Waals surface area contributed by atoms with E-state index in [1.807, 2.05) is 0 Å². The minimum atomic E-state index is 0. The molecule has 0 atom stereocenters. The molecule has 0 aliphatic carbocycles. The van der Waals surface area contributed by atoms with Gasteiger partial charge in [0.15, 0.2) is 0 Å². The monoisotopic (exact) mass is 479 g/mol. The summed E-state index contributed by atoms with van der Waals surface area (Å²) in [6, 6.07) is 0. The second-order valence-corrected chi connectivity index (χ2v) is 0. The maximum Gasteiger partial charge on any atom is 0 e. The Kier molecular flexibility index (Phi) is 213. The zero-order valence-electron chi connectivity index (χ0n) is 2.11. The predicted molar refractivity (Wildman–Crippen MR) is 0 cm³/mol. The first-order chi connectivity index (χ1) is 0. The molecule has 0 rings (SSSR count). The fraction of sp³-hybridized carbons (Fsp3) is 0. The van der Waals surface area contributed by atoms with Crippen LogP contribution >= 0.6 is 0 Å². The van der Waals surface area contributed by atoms with Crippen molar-refractivity contribution in [2.75, 3.05) is 0 Å². The van der Waals surface area contributed by atoms with Gasteiger partial charge in [-0.2, -0.15) is 0 Å². The second kappa shape index (κ2) is 26.5. The van der Waals surface area contributed by atoms with Crippen LogP contribution in [0.15, 0.2) is 0 Å². The Morgan fingerprint density at radius 1 is 1.00 bits per heavy atom. The Bertz CT molecular complexity index is 11.6. The van der Waals surface area contributed by atoms with Gasteiger partial charge in [-0.1, -0.05) is 0 Å². The van der Waals surface area contributed by atoms with Crippen LogP contribution in [-0.4, -0.2) is 0 Å². The van der Waals surface area contributed by atoms with Gasteiger partial charge in [-0.3, -0.25) is 0 Å². The third kappa shape index (κ3) is 18.8. The largest absolute Gasteiger partial charge is 0 e. The van der Waals surface area contributed by atoms with Gasteiger partial charge in [-0.05, 0) is 0 Å². The van der Waals surface area contributed by atoms with Crippen molar-refractivity contribution in [2.24, 2.45) is 0 Å². The molecular formula is AgAuCuTiZn. The van der Waals surface area contributed by atoms with E-state index in [1.165, 1.54) is 0 Å². The minimum absolute atomic E-state index is 0. The summed E-state index contributed by atoms with van der Waals surface area (Å²) in [7, 11) is 0. The van der Waals surface area contributed by atoms with Crippen molar-refractivity contribution in [1.82, 2.24) is 0 Å². The zero-order valence-corrected chi connectivity index (χ0v) is 11.2. The van der Waals surface area contributed by atoms with Crippen LogP contribution < -0.4 is 0 Å². The molecule has 0 saturated carbocycles. The summed E-state index contributed by atoms with van der Waals surface area (Å²) in [5.41, 5.74) is 0. The van der Waals surface area contributed by atoms with Crippen LogP contribution in [0.1, 0.15) is 0 Å². The number of hydrogen-bond acceptors (Lipinski definition) is 0. The molecule has 0 nitrogen and oxygen atoms in total. The van der Waals surface area contributed by atoms with Gasteiger partial charge in [0.1, 0.15) is 0 Å². The zero-order chi connectivity index (χ0) is 0. The Labute approximate surface area is 101 Å². The van der Waals surface area contributed by atoms with Crippen molar-refractivity contribution < 1.29 is 103 Å². The van der Waals surface area contributed by atoms with Gasteiger partial charge in [-0.25, -0.2) is 0 Å². The first kappa shape index (κ1) is 40.3. The summed E-state index contributed by atoms with van der Waals surface area (Å²) < 4.78 is 0. The molecule has 0 aliphatic heterocycles. The van der Waals surface area contributed by atoms with Crippen LogP contribution in [0.3, 0.4) is 0 Å². The van der Waals surface area contributed by atoms with Crippen LogP contribution in [0.5, 0.6) is 0 Å². The van der Waals surface area contributed by atoms with E-state index in [-0.39, 0.29) is 103 Å². The summed E-state index contributed by atoms with van der Waals surface area (Å²) in [4.78, 5) is 0. The molecule has 3 radical (unpaired) electrons. The van der Waals surface area contributed by atoms with Crippen LogP contribution in [0.2, 0.25) is 0 Å². The molecule has 0 aromatic rings. The number of hydrogen-bond donors (Lipinski definition) is 0. The molecule has 0 spiro atoms. The molecule has 5 heteroatoms. The van der Waals surface area contributed by atoms with Gasteiger partial charge >= 0.3 is 0 Å². The molecule has 0 amide bonds. The van der Waals surface area contributed by atoms with E-state index in [2.05, 4.69) is 0 Å². The van der Waals surface area contributed by atoms with Gasteiger partial charge in [0.2, 0.25) is 0 Å². The second-order valence-electron chi connectivity index (χ2n) is 0. The molecule has 5 heavy (non-hydrogen) atoms. The van der Waals surface area contributed by atoms with Crippen molar-refractivity contribution in [2.45, 2.75) is 0 Å². The maximum atomic E-state index is 0. The average molecular weight is 482 g/mol. The van der Waals surface area contributed by atoms with E-state index in [4.69, 9.17) is 0 Å². The van der Waals surface area contributed by atoms with Crippen LogP contribution in [0, 0.1) is 0 Å². The molecule has 0 N–H and O–H groups in total. The molecule has 0 fully saturated rings. The minimum Gasteiger partial charge on any atom is 0 e. The molecular weight excluding hydrogens is 482 g/mol. The average Bonchev–Trinajstić information content (AvgIpc) is 0. The first-order valence-electron chi connectivity index (χ1n) is 0.